The van der Waals surface area contributed by atoms with Crippen LogP contribution in [0.5, 0.6) is 11.8 Å². The van der Waals surface area contributed by atoms with Gasteiger partial charge >= 0.3 is 0 Å². The summed E-state index contributed by atoms with van der Waals surface area (Å²) in [5, 5.41) is 6.28. The molecule has 0 radical (unpaired) electrons. The second-order valence-electron chi connectivity index (χ2n) is 5.63. The van der Waals surface area contributed by atoms with Gasteiger partial charge in [0.05, 0.1) is 20.8 Å². The third kappa shape index (κ3) is 4.08. The Bertz CT molecular complexity index is 504. The largest absolute Gasteiger partial charge is 0.480 e. The van der Waals surface area contributed by atoms with Gasteiger partial charge in [-0.25, -0.2) is 9.97 Å². The van der Waals surface area contributed by atoms with Gasteiger partial charge in [0.2, 0.25) is 11.8 Å². The zero-order chi connectivity index (χ0) is 16.7. The molecule has 0 aliphatic carbocycles. The molecule has 1 amide bonds. The van der Waals surface area contributed by atoms with Crippen LogP contribution in [0.25, 0.3) is 0 Å². The van der Waals surface area contributed by atoms with Gasteiger partial charge in [0.25, 0.3) is 5.91 Å². The summed E-state index contributed by atoms with van der Waals surface area (Å²) < 4.78 is 15.7. The fourth-order valence-electron chi connectivity index (χ4n) is 2.85. The highest BCUT2D eigenvalue weighted by atomic mass is 16.5. The second-order valence-corrected chi connectivity index (χ2v) is 5.63. The average Bonchev–Trinajstić information content (AvgIpc) is 2.60. The minimum Gasteiger partial charge on any atom is -0.480 e. The fourth-order valence-corrected chi connectivity index (χ4v) is 2.85. The lowest BCUT2D eigenvalue weighted by Crippen LogP contribution is -2.47. The minimum atomic E-state index is -0.312. The predicted molar refractivity (Wildman–Crippen MR) is 83.9 cm³/mol. The first kappa shape index (κ1) is 17.4. The van der Waals surface area contributed by atoms with Crippen LogP contribution < -0.4 is 20.1 Å². The lowest BCUT2D eigenvalue weighted by Gasteiger charge is -2.37. The van der Waals surface area contributed by atoms with E-state index in [4.69, 9.17) is 14.2 Å². The number of amides is 1. The molecule has 0 aromatic carbocycles. The molecule has 128 valence electrons. The molecule has 0 spiro atoms. The van der Waals surface area contributed by atoms with E-state index in [9.17, 15) is 4.79 Å². The number of hydrogen-bond acceptors (Lipinski definition) is 7. The van der Waals surface area contributed by atoms with E-state index in [1.807, 2.05) is 0 Å². The number of nitrogens with zero attached hydrogens (tertiary/aromatic N) is 2. The van der Waals surface area contributed by atoms with Crippen molar-refractivity contribution in [1.29, 1.82) is 0 Å². The molecule has 1 aliphatic rings. The van der Waals surface area contributed by atoms with Crippen LogP contribution in [0.1, 0.15) is 23.2 Å². The maximum Gasteiger partial charge on any atom is 0.262 e. The molecule has 2 N–H and O–H groups in total. The molecule has 0 bridgehead atoms. The molecule has 0 atom stereocenters. The van der Waals surface area contributed by atoms with Crippen LogP contribution in [-0.4, -0.2) is 63.4 Å². The molecule has 0 saturated carbocycles. The van der Waals surface area contributed by atoms with Gasteiger partial charge in [-0.05, 0) is 25.9 Å². The second kappa shape index (κ2) is 8.07. The molecular weight excluding hydrogens is 300 g/mol. The standard InChI is InChI=1S/C15H24N4O4/c1-21-9-15(4-6-16-7-5-15)8-17-12(20)11-13(22-2)18-10-19-14(11)23-3/h10,16H,4-9H2,1-3H3,(H,17,20). The van der Waals surface area contributed by atoms with Gasteiger partial charge in [-0.3, -0.25) is 4.79 Å². The molecule has 1 fully saturated rings. The minimum absolute atomic E-state index is 0.0637. The first-order valence-electron chi connectivity index (χ1n) is 7.56. The highest BCUT2D eigenvalue weighted by molar-refractivity contribution is 5.98. The van der Waals surface area contributed by atoms with E-state index in [1.165, 1.54) is 20.5 Å². The van der Waals surface area contributed by atoms with E-state index in [1.54, 1.807) is 7.11 Å². The quantitative estimate of drug-likeness (QED) is 0.742. The lowest BCUT2D eigenvalue weighted by atomic mass is 9.79. The van der Waals surface area contributed by atoms with Gasteiger partial charge in [-0.1, -0.05) is 0 Å². The summed E-state index contributed by atoms with van der Waals surface area (Å²) in [5.41, 5.74) is 0.144. The zero-order valence-electron chi connectivity index (χ0n) is 13.8. The number of carbonyl (C=O) groups is 1. The van der Waals surface area contributed by atoms with E-state index in [-0.39, 0.29) is 28.6 Å². The molecule has 2 heterocycles. The summed E-state index contributed by atoms with van der Waals surface area (Å²) in [4.78, 5) is 20.5. The maximum absolute atomic E-state index is 12.6. The Morgan fingerprint density at radius 3 is 2.35 bits per heavy atom. The number of carbonyl (C=O) groups excluding carboxylic acids is 1. The van der Waals surface area contributed by atoms with E-state index >= 15 is 0 Å². The Kier molecular flexibility index (Phi) is 6.12. The maximum atomic E-state index is 12.6. The summed E-state index contributed by atoms with van der Waals surface area (Å²) in [6, 6.07) is 0. The molecule has 1 aromatic heterocycles. The first-order chi connectivity index (χ1) is 11.2. The van der Waals surface area contributed by atoms with Crippen LogP contribution in [-0.2, 0) is 4.74 Å². The third-order valence-corrected chi connectivity index (χ3v) is 4.13. The Balaban J connectivity index is 2.12. The topological polar surface area (TPSA) is 94.6 Å². The summed E-state index contributed by atoms with van der Waals surface area (Å²) in [6.45, 7) is 2.96. The van der Waals surface area contributed by atoms with Gasteiger partial charge in [0.1, 0.15) is 6.33 Å². The molecule has 23 heavy (non-hydrogen) atoms. The highest BCUT2D eigenvalue weighted by Gasteiger charge is 2.33. The Labute approximate surface area is 135 Å². The predicted octanol–water partition coefficient (Wildman–Crippen LogP) is 0.240. The number of nitrogens with one attached hydrogen (secondary N) is 2. The van der Waals surface area contributed by atoms with E-state index in [2.05, 4.69) is 20.6 Å². The first-order valence-corrected chi connectivity index (χ1v) is 7.56. The van der Waals surface area contributed by atoms with Crippen molar-refractivity contribution in [3.05, 3.63) is 11.9 Å². The van der Waals surface area contributed by atoms with Crippen molar-refractivity contribution >= 4 is 5.91 Å². The van der Waals surface area contributed by atoms with Crippen LogP contribution in [0, 0.1) is 5.41 Å². The van der Waals surface area contributed by atoms with Crippen LogP contribution in [0.4, 0.5) is 0 Å². The normalized spacial score (nSPS) is 16.7. The highest BCUT2D eigenvalue weighted by Crippen LogP contribution is 2.29. The molecule has 1 aliphatic heterocycles. The van der Waals surface area contributed by atoms with E-state index in [0.717, 1.165) is 25.9 Å². The Morgan fingerprint density at radius 1 is 1.22 bits per heavy atom. The van der Waals surface area contributed by atoms with Crippen molar-refractivity contribution in [3.8, 4) is 11.8 Å². The number of piperidine rings is 1. The Hall–Kier alpha value is -1.93. The summed E-state index contributed by atoms with van der Waals surface area (Å²) in [5.74, 6) is 0.0780. The molecule has 8 nitrogen and oxygen atoms in total. The molecule has 0 unspecified atom stereocenters. The molecule has 2 rings (SSSR count). The van der Waals surface area contributed by atoms with Crippen LogP contribution in [0.2, 0.25) is 0 Å². The van der Waals surface area contributed by atoms with Crippen LogP contribution >= 0.6 is 0 Å². The number of hydrogen-bond donors (Lipinski definition) is 2. The lowest BCUT2D eigenvalue weighted by molar-refractivity contribution is 0.0510. The average molecular weight is 324 g/mol. The summed E-state index contributed by atoms with van der Waals surface area (Å²) >= 11 is 0. The van der Waals surface area contributed by atoms with Gasteiger partial charge in [-0.15, -0.1) is 0 Å². The van der Waals surface area contributed by atoms with Gasteiger partial charge in [0.15, 0.2) is 5.56 Å². The molecule has 1 saturated heterocycles. The number of ether oxygens (including phenoxy) is 3. The van der Waals surface area contributed by atoms with Gasteiger partial charge in [-0.2, -0.15) is 0 Å². The SMILES string of the molecule is COCC1(CNC(=O)c2c(OC)ncnc2OC)CCNCC1. The smallest absolute Gasteiger partial charge is 0.262 e. The van der Waals surface area contributed by atoms with Gasteiger partial charge in [0, 0.05) is 19.1 Å². The van der Waals surface area contributed by atoms with Crippen LogP contribution in [0.3, 0.4) is 0 Å². The monoisotopic (exact) mass is 324 g/mol. The summed E-state index contributed by atoms with van der Waals surface area (Å²) in [7, 11) is 4.60. The van der Waals surface area contributed by atoms with E-state index < -0.39 is 0 Å². The van der Waals surface area contributed by atoms with Gasteiger partial charge < -0.3 is 24.8 Å². The molecular formula is C15H24N4O4. The molecule has 1 aromatic rings. The number of rotatable bonds is 7. The third-order valence-electron chi connectivity index (χ3n) is 4.13. The van der Waals surface area contributed by atoms with E-state index in [0.29, 0.717) is 13.2 Å². The van der Waals surface area contributed by atoms with Crippen molar-refractivity contribution in [2.75, 3.05) is 47.6 Å². The van der Waals surface area contributed by atoms with Crippen molar-refractivity contribution in [1.82, 2.24) is 20.6 Å². The molecule has 8 heteroatoms. The number of methoxy groups -OCH3 is 3. The van der Waals surface area contributed by atoms with Crippen molar-refractivity contribution < 1.29 is 19.0 Å². The Morgan fingerprint density at radius 2 is 1.83 bits per heavy atom. The van der Waals surface area contributed by atoms with Crippen LogP contribution in [0.15, 0.2) is 6.33 Å². The zero-order valence-corrected chi connectivity index (χ0v) is 13.8. The van der Waals surface area contributed by atoms with Crippen molar-refractivity contribution in [2.45, 2.75) is 12.8 Å². The van der Waals surface area contributed by atoms with Crippen molar-refractivity contribution in [2.24, 2.45) is 5.41 Å². The van der Waals surface area contributed by atoms with Crippen molar-refractivity contribution in [3.63, 3.8) is 0 Å². The number of aromatic nitrogens is 2. The fraction of sp³-hybridized carbons (Fsp3) is 0.667. The summed E-state index contributed by atoms with van der Waals surface area (Å²) in [6.07, 6.45) is 3.19.